The Morgan fingerprint density at radius 3 is 2.38 bits per heavy atom. The summed E-state index contributed by atoms with van der Waals surface area (Å²) in [5.74, 6) is -3.42. The van der Waals surface area contributed by atoms with Crippen LogP contribution in [-0.4, -0.2) is 34.8 Å². The third-order valence-electron chi connectivity index (χ3n) is 3.34. The topological polar surface area (TPSA) is 84.4 Å². The van der Waals surface area contributed by atoms with E-state index in [1.807, 2.05) is 5.32 Å². The summed E-state index contributed by atoms with van der Waals surface area (Å²) in [6, 6.07) is -0.278. The molecule has 1 aliphatic rings. The molecule has 0 aromatic heterocycles. The summed E-state index contributed by atoms with van der Waals surface area (Å²) in [5.41, 5.74) is 4.82. The molecule has 6 nitrogen and oxygen atoms in total. The minimum absolute atomic E-state index is 0.105. The average molecular weight is 345 g/mol. The normalized spacial score (nSPS) is 19.9. The van der Waals surface area contributed by atoms with E-state index in [1.54, 1.807) is 20.8 Å². The third-order valence-corrected chi connectivity index (χ3v) is 3.34. The van der Waals surface area contributed by atoms with Gasteiger partial charge in [-0.15, -0.1) is 0 Å². The van der Waals surface area contributed by atoms with Gasteiger partial charge in [0.15, 0.2) is 11.6 Å². The van der Waals surface area contributed by atoms with Crippen molar-refractivity contribution in [3.05, 3.63) is 35.1 Å². The molecule has 0 spiro atoms. The van der Waals surface area contributed by atoms with Gasteiger partial charge in [-0.3, -0.25) is 0 Å². The quantitative estimate of drug-likeness (QED) is 0.636. The molecule has 132 valence electrons. The maximum absolute atomic E-state index is 13.6. The largest absolute Gasteiger partial charge is 0.443 e. The van der Waals surface area contributed by atoms with Crippen molar-refractivity contribution < 1.29 is 27.5 Å². The molecular formula is C15H18F3N3O3. The van der Waals surface area contributed by atoms with Crippen molar-refractivity contribution in [2.75, 3.05) is 0 Å². The van der Waals surface area contributed by atoms with E-state index in [4.69, 9.17) is 10.5 Å². The van der Waals surface area contributed by atoms with Crippen molar-refractivity contribution in [1.82, 2.24) is 10.2 Å². The first-order chi connectivity index (χ1) is 11.0. The Hall–Kier alpha value is -2.29. The fourth-order valence-electron chi connectivity index (χ4n) is 2.21. The molecule has 3 amide bonds. The Kier molecular flexibility index (Phi) is 4.75. The van der Waals surface area contributed by atoms with Crippen LogP contribution >= 0.6 is 0 Å². The number of benzene rings is 1. The molecule has 0 bridgehead atoms. The fraction of sp³-hybridized carbons (Fsp3) is 0.467. The summed E-state index contributed by atoms with van der Waals surface area (Å²) in [4.78, 5) is 24.5. The molecule has 2 rings (SSSR count). The van der Waals surface area contributed by atoms with Gasteiger partial charge in [0.1, 0.15) is 17.6 Å². The van der Waals surface area contributed by atoms with Gasteiger partial charge in [-0.25, -0.2) is 28.1 Å². The number of urea groups is 1. The van der Waals surface area contributed by atoms with Gasteiger partial charge in [0, 0.05) is 6.07 Å². The Morgan fingerprint density at radius 1 is 1.21 bits per heavy atom. The summed E-state index contributed by atoms with van der Waals surface area (Å²) >= 11 is 0. The van der Waals surface area contributed by atoms with Crippen LogP contribution in [0, 0.1) is 17.5 Å². The molecule has 1 heterocycles. The highest BCUT2D eigenvalue weighted by molar-refractivity contribution is 5.92. The molecule has 1 aliphatic heterocycles. The molecular weight excluding hydrogens is 327 g/mol. The summed E-state index contributed by atoms with van der Waals surface area (Å²) in [6.07, 6.45) is -1.81. The van der Waals surface area contributed by atoms with Crippen LogP contribution in [0.5, 0.6) is 0 Å². The standard InChI is InChI=1S/C15H18F3N3O3/c1-15(2,3)24-14(23)20-13(22)21-11(12(21)19)5-7-4-9(17)10(18)6-8(7)16/h4,6,11-12H,5,19H2,1-3H3,(H,20,22,23)/t11-,12-,21?/m1/s1. The first-order valence-electron chi connectivity index (χ1n) is 7.21. The first kappa shape index (κ1) is 18.1. The first-order valence-corrected chi connectivity index (χ1v) is 7.21. The number of imide groups is 1. The van der Waals surface area contributed by atoms with Crippen molar-refractivity contribution in [3.63, 3.8) is 0 Å². The number of nitrogens with zero attached hydrogens (tertiary/aromatic N) is 1. The lowest BCUT2D eigenvalue weighted by Crippen LogP contribution is -2.40. The van der Waals surface area contributed by atoms with E-state index in [0.29, 0.717) is 6.07 Å². The van der Waals surface area contributed by atoms with E-state index in [9.17, 15) is 22.8 Å². The maximum atomic E-state index is 13.6. The summed E-state index contributed by atoms with van der Waals surface area (Å²) in [6.45, 7) is 4.90. The summed E-state index contributed by atoms with van der Waals surface area (Å²) in [5, 5.41) is 2.00. The van der Waals surface area contributed by atoms with Gasteiger partial charge in [0.25, 0.3) is 0 Å². The molecule has 3 N–H and O–H groups in total. The molecule has 0 radical (unpaired) electrons. The number of carbonyl (C=O) groups is 2. The number of carbonyl (C=O) groups excluding carboxylic acids is 2. The second-order valence-electron chi connectivity index (χ2n) is 6.46. The van der Waals surface area contributed by atoms with Crippen molar-refractivity contribution in [1.29, 1.82) is 0 Å². The molecule has 0 aliphatic carbocycles. The van der Waals surface area contributed by atoms with Gasteiger partial charge in [0.2, 0.25) is 0 Å². The lowest BCUT2D eigenvalue weighted by molar-refractivity contribution is 0.0542. The zero-order valence-corrected chi connectivity index (χ0v) is 13.4. The van der Waals surface area contributed by atoms with Crippen LogP contribution in [-0.2, 0) is 11.2 Å². The van der Waals surface area contributed by atoms with Crippen LogP contribution in [0.4, 0.5) is 22.8 Å². The van der Waals surface area contributed by atoms with Crippen LogP contribution < -0.4 is 11.1 Å². The van der Waals surface area contributed by atoms with Gasteiger partial charge in [0.05, 0.1) is 6.04 Å². The van der Waals surface area contributed by atoms with Gasteiger partial charge < -0.3 is 15.4 Å². The van der Waals surface area contributed by atoms with Gasteiger partial charge >= 0.3 is 12.1 Å². The number of nitrogens with one attached hydrogen (secondary N) is 1. The van der Waals surface area contributed by atoms with Crippen LogP contribution in [0.3, 0.4) is 0 Å². The zero-order chi connectivity index (χ0) is 18.2. The molecule has 0 saturated carbocycles. The number of amides is 3. The van der Waals surface area contributed by atoms with Gasteiger partial charge in [-0.1, -0.05) is 0 Å². The lowest BCUT2D eigenvalue weighted by Gasteiger charge is -2.19. The molecule has 1 aromatic rings. The molecule has 2 atom stereocenters. The van der Waals surface area contributed by atoms with E-state index < -0.39 is 47.4 Å². The lowest BCUT2D eigenvalue weighted by atomic mass is 10.1. The number of rotatable bonds is 2. The number of halogens is 3. The minimum atomic E-state index is -1.30. The Bertz CT molecular complexity index is 676. The van der Waals surface area contributed by atoms with E-state index in [2.05, 4.69) is 0 Å². The average Bonchev–Trinajstić information content (AvgIpc) is 3.03. The summed E-state index contributed by atoms with van der Waals surface area (Å²) < 4.78 is 44.7. The highest BCUT2D eigenvalue weighted by Crippen LogP contribution is 2.29. The van der Waals surface area contributed by atoms with Crippen molar-refractivity contribution in [3.8, 4) is 0 Å². The highest BCUT2D eigenvalue weighted by atomic mass is 19.2. The highest BCUT2D eigenvalue weighted by Gasteiger charge is 2.49. The van der Waals surface area contributed by atoms with Gasteiger partial charge in [-0.2, -0.15) is 0 Å². The van der Waals surface area contributed by atoms with E-state index >= 15 is 0 Å². The third kappa shape index (κ3) is 4.16. The Balaban J connectivity index is 1.97. The molecule has 1 aromatic carbocycles. The van der Waals surface area contributed by atoms with E-state index in [-0.39, 0.29) is 12.0 Å². The number of hydrogen-bond donors (Lipinski definition) is 2. The van der Waals surface area contributed by atoms with Crippen LogP contribution in [0.15, 0.2) is 12.1 Å². The van der Waals surface area contributed by atoms with Crippen molar-refractivity contribution >= 4 is 12.1 Å². The minimum Gasteiger partial charge on any atom is -0.443 e. The van der Waals surface area contributed by atoms with Crippen LogP contribution in [0.2, 0.25) is 0 Å². The predicted octanol–water partition coefficient (Wildman–Crippen LogP) is 2.26. The monoisotopic (exact) mass is 345 g/mol. The Labute approximate surface area is 136 Å². The van der Waals surface area contributed by atoms with Crippen molar-refractivity contribution in [2.24, 2.45) is 5.73 Å². The van der Waals surface area contributed by atoms with Crippen molar-refractivity contribution in [2.45, 2.75) is 45.0 Å². The number of hydrogen-bond acceptors (Lipinski definition) is 4. The Morgan fingerprint density at radius 2 is 1.79 bits per heavy atom. The maximum Gasteiger partial charge on any atom is 0.415 e. The van der Waals surface area contributed by atoms with Crippen LogP contribution in [0.1, 0.15) is 26.3 Å². The smallest absolute Gasteiger partial charge is 0.415 e. The number of ether oxygens (including phenoxy) is 1. The van der Waals surface area contributed by atoms with E-state index in [0.717, 1.165) is 11.0 Å². The predicted molar refractivity (Wildman–Crippen MR) is 78.4 cm³/mol. The SMILES string of the molecule is CC(C)(C)OC(=O)NC(=O)N1[C@H](Cc2cc(F)c(F)cc2F)[C@@H]1N. The zero-order valence-electron chi connectivity index (χ0n) is 13.4. The molecule has 1 fully saturated rings. The number of nitrogens with two attached hydrogens (primary N) is 1. The molecule has 1 saturated heterocycles. The fourth-order valence-corrected chi connectivity index (χ4v) is 2.21. The molecule has 24 heavy (non-hydrogen) atoms. The number of alkyl carbamates (subject to hydrolysis) is 1. The van der Waals surface area contributed by atoms with Crippen LogP contribution in [0.25, 0.3) is 0 Å². The second-order valence-corrected chi connectivity index (χ2v) is 6.46. The van der Waals surface area contributed by atoms with E-state index in [1.165, 1.54) is 0 Å². The van der Waals surface area contributed by atoms with Gasteiger partial charge in [-0.05, 0) is 38.8 Å². The second kappa shape index (κ2) is 6.31. The summed E-state index contributed by atoms with van der Waals surface area (Å²) in [7, 11) is 0. The molecule has 9 heteroatoms. The molecule has 0 unspecified atom stereocenters.